The van der Waals surface area contributed by atoms with Crippen LogP contribution in [0.3, 0.4) is 0 Å². The summed E-state index contributed by atoms with van der Waals surface area (Å²) in [4.78, 5) is 0.251. The molecule has 0 amide bonds. The van der Waals surface area contributed by atoms with E-state index >= 15 is 0 Å². The van der Waals surface area contributed by atoms with Gasteiger partial charge < -0.3 is 10.8 Å². The average molecular weight is 312 g/mol. The predicted molar refractivity (Wildman–Crippen MR) is 82.3 cm³/mol. The lowest BCUT2D eigenvalue weighted by Crippen LogP contribution is -2.48. The van der Waals surface area contributed by atoms with E-state index in [2.05, 4.69) is 0 Å². The van der Waals surface area contributed by atoms with Gasteiger partial charge in [-0.15, -0.1) is 0 Å². The van der Waals surface area contributed by atoms with Gasteiger partial charge in [-0.05, 0) is 43.9 Å². The fourth-order valence-corrected chi connectivity index (χ4v) is 4.32. The van der Waals surface area contributed by atoms with Crippen LogP contribution in [-0.2, 0) is 10.0 Å². The van der Waals surface area contributed by atoms with Crippen LogP contribution < -0.4 is 5.73 Å². The molecule has 1 heterocycles. The summed E-state index contributed by atoms with van der Waals surface area (Å²) in [7, 11) is -3.58. The van der Waals surface area contributed by atoms with Gasteiger partial charge in [-0.1, -0.05) is 19.1 Å². The van der Waals surface area contributed by atoms with Gasteiger partial charge in [0.15, 0.2) is 0 Å². The zero-order valence-electron chi connectivity index (χ0n) is 12.6. The molecule has 1 aromatic rings. The molecule has 2 rings (SSSR count). The monoisotopic (exact) mass is 312 g/mol. The molecular weight excluding hydrogens is 288 g/mol. The molecule has 3 N–H and O–H groups in total. The minimum atomic E-state index is -3.58. The van der Waals surface area contributed by atoms with Crippen molar-refractivity contribution < 1.29 is 13.5 Å². The third-order valence-corrected chi connectivity index (χ3v) is 5.84. The molecule has 0 bridgehead atoms. The first kappa shape index (κ1) is 16.4. The summed E-state index contributed by atoms with van der Waals surface area (Å²) < 4.78 is 26.8. The van der Waals surface area contributed by atoms with Crippen LogP contribution in [0.5, 0.6) is 0 Å². The maximum absolute atomic E-state index is 12.7. The Morgan fingerprint density at radius 2 is 2.19 bits per heavy atom. The standard InChI is InChI=1S/C15H24N2O3S/c1-3-14(16)12-6-4-7-13(10-12)21(19,20)17-9-5-8-15(2,18)11-17/h4,6-7,10,14,18H,3,5,8-9,11,16H2,1-2H3. The number of β-amino-alcohol motifs (C(OH)–C–C–N with tert-alkyl or cyclic N) is 1. The van der Waals surface area contributed by atoms with Crippen LogP contribution >= 0.6 is 0 Å². The highest BCUT2D eigenvalue weighted by atomic mass is 32.2. The fraction of sp³-hybridized carbons (Fsp3) is 0.600. The van der Waals surface area contributed by atoms with Crippen molar-refractivity contribution in [2.75, 3.05) is 13.1 Å². The Labute approximate surface area is 126 Å². The van der Waals surface area contributed by atoms with Gasteiger partial charge in [0, 0.05) is 19.1 Å². The molecule has 1 fully saturated rings. The number of hydrogen-bond acceptors (Lipinski definition) is 4. The molecule has 0 aromatic heterocycles. The quantitative estimate of drug-likeness (QED) is 0.885. The topological polar surface area (TPSA) is 83.6 Å². The second-order valence-corrected chi connectivity index (χ2v) is 7.96. The maximum Gasteiger partial charge on any atom is 0.243 e. The first-order valence-electron chi connectivity index (χ1n) is 7.34. The number of piperidine rings is 1. The Morgan fingerprint density at radius 3 is 2.81 bits per heavy atom. The number of aliphatic hydroxyl groups is 1. The van der Waals surface area contributed by atoms with Gasteiger partial charge >= 0.3 is 0 Å². The van der Waals surface area contributed by atoms with E-state index in [-0.39, 0.29) is 17.5 Å². The summed E-state index contributed by atoms with van der Waals surface area (Å²) in [5, 5.41) is 10.1. The molecule has 0 saturated carbocycles. The molecule has 1 aliphatic rings. The summed E-state index contributed by atoms with van der Waals surface area (Å²) >= 11 is 0. The van der Waals surface area contributed by atoms with E-state index in [4.69, 9.17) is 5.73 Å². The van der Waals surface area contributed by atoms with E-state index in [0.29, 0.717) is 19.4 Å². The van der Waals surface area contributed by atoms with Crippen molar-refractivity contribution in [2.24, 2.45) is 5.73 Å². The van der Waals surface area contributed by atoms with Crippen molar-refractivity contribution >= 4 is 10.0 Å². The number of sulfonamides is 1. The zero-order chi connectivity index (χ0) is 15.7. The van der Waals surface area contributed by atoms with E-state index < -0.39 is 15.6 Å². The molecule has 1 saturated heterocycles. The molecule has 2 atom stereocenters. The van der Waals surface area contributed by atoms with Crippen LogP contribution in [0.15, 0.2) is 29.2 Å². The van der Waals surface area contributed by atoms with Gasteiger partial charge in [-0.2, -0.15) is 4.31 Å². The predicted octanol–water partition coefficient (Wildman–Crippen LogP) is 1.63. The number of nitrogens with two attached hydrogens (primary N) is 1. The molecule has 1 aliphatic heterocycles. The number of rotatable bonds is 4. The van der Waals surface area contributed by atoms with Crippen LogP contribution in [0, 0.1) is 0 Å². The molecule has 2 unspecified atom stereocenters. The highest BCUT2D eigenvalue weighted by Crippen LogP contribution is 2.27. The lowest BCUT2D eigenvalue weighted by molar-refractivity contribution is 0.00940. The van der Waals surface area contributed by atoms with Crippen molar-refractivity contribution in [3.63, 3.8) is 0 Å². The minimum Gasteiger partial charge on any atom is -0.389 e. The lowest BCUT2D eigenvalue weighted by Gasteiger charge is -2.36. The Balaban J connectivity index is 2.31. The fourth-order valence-electron chi connectivity index (χ4n) is 2.67. The molecule has 0 aliphatic carbocycles. The highest BCUT2D eigenvalue weighted by molar-refractivity contribution is 7.89. The van der Waals surface area contributed by atoms with E-state index in [1.54, 1.807) is 25.1 Å². The van der Waals surface area contributed by atoms with Gasteiger partial charge in [0.2, 0.25) is 10.0 Å². The van der Waals surface area contributed by atoms with Gasteiger partial charge in [0.25, 0.3) is 0 Å². The van der Waals surface area contributed by atoms with E-state index in [1.165, 1.54) is 4.31 Å². The molecular formula is C15H24N2O3S. The first-order valence-corrected chi connectivity index (χ1v) is 8.78. The summed E-state index contributed by atoms with van der Waals surface area (Å²) in [6, 6.07) is 6.64. The molecule has 5 nitrogen and oxygen atoms in total. The van der Waals surface area contributed by atoms with Crippen molar-refractivity contribution in [1.29, 1.82) is 0 Å². The van der Waals surface area contributed by atoms with Crippen molar-refractivity contribution in [3.05, 3.63) is 29.8 Å². The number of benzene rings is 1. The largest absolute Gasteiger partial charge is 0.389 e. The third-order valence-electron chi connectivity index (χ3n) is 4.00. The molecule has 1 aromatic carbocycles. The van der Waals surface area contributed by atoms with Crippen LogP contribution in [-0.4, -0.2) is 36.5 Å². The molecule has 6 heteroatoms. The highest BCUT2D eigenvalue weighted by Gasteiger charge is 2.35. The van der Waals surface area contributed by atoms with E-state index in [0.717, 1.165) is 12.0 Å². The van der Waals surface area contributed by atoms with Crippen LogP contribution in [0.1, 0.15) is 44.7 Å². The second-order valence-electron chi connectivity index (χ2n) is 6.03. The zero-order valence-corrected chi connectivity index (χ0v) is 13.4. The smallest absolute Gasteiger partial charge is 0.243 e. The van der Waals surface area contributed by atoms with Crippen LogP contribution in [0.25, 0.3) is 0 Å². The van der Waals surface area contributed by atoms with Gasteiger partial charge in [-0.25, -0.2) is 8.42 Å². The molecule has 0 spiro atoms. The Hall–Kier alpha value is -0.950. The third kappa shape index (κ3) is 3.63. The first-order chi connectivity index (χ1) is 9.76. The molecule has 21 heavy (non-hydrogen) atoms. The normalized spacial score (nSPS) is 25.7. The van der Waals surface area contributed by atoms with E-state index in [9.17, 15) is 13.5 Å². The number of nitrogens with zero attached hydrogens (tertiary/aromatic N) is 1. The van der Waals surface area contributed by atoms with Gasteiger partial charge in [0.05, 0.1) is 10.5 Å². The summed E-state index contributed by atoms with van der Waals surface area (Å²) in [6.45, 7) is 4.23. The molecule has 0 radical (unpaired) electrons. The van der Waals surface area contributed by atoms with Crippen molar-refractivity contribution in [3.8, 4) is 0 Å². The van der Waals surface area contributed by atoms with Crippen molar-refractivity contribution in [2.45, 2.75) is 49.6 Å². The molecule has 118 valence electrons. The summed E-state index contributed by atoms with van der Waals surface area (Å²) in [5.41, 5.74) is 5.85. The Morgan fingerprint density at radius 1 is 1.48 bits per heavy atom. The van der Waals surface area contributed by atoms with E-state index in [1.807, 2.05) is 13.0 Å². The average Bonchev–Trinajstić information content (AvgIpc) is 2.45. The minimum absolute atomic E-state index is 0.138. The lowest BCUT2D eigenvalue weighted by atomic mass is 9.97. The Kier molecular flexibility index (Phi) is 4.72. The van der Waals surface area contributed by atoms with Gasteiger partial charge in [0.1, 0.15) is 0 Å². The van der Waals surface area contributed by atoms with Gasteiger partial charge in [-0.3, -0.25) is 0 Å². The van der Waals surface area contributed by atoms with Crippen molar-refractivity contribution in [1.82, 2.24) is 4.31 Å². The summed E-state index contributed by atoms with van der Waals surface area (Å²) in [5.74, 6) is 0. The van der Waals surface area contributed by atoms with Crippen LogP contribution in [0.4, 0.5) is 0 Å². The Bertz CT molecular complexity index is 599. The number of hydrogen-bond donors (Lipinski definition) is 2. The maximum atomic E-state index is 12.7. The van der Waals surface area contributed by atoms with Crippen LogP contribution in [0.2, 0.25) is 0 Å². The summed E-state index contributed by atoms with van der Waals surface area (Å²) in [6.07, 6.45) is 2.04. The second kappa shape index (κ2) is 6.04. The SMILES string of the molecule is CCC(N)c1cccc(S(=O)(=O)N2CCCC(C)(O)C2)c1.